The molecule has 4 aromatic heterocycles. The van der Waals surface area contributed by atoms with Crippen LogP contribution in [0.1, 0.15) is 42.8 Å². The summed E-state index contributed by atoms with van der Waals surface area (Å²) in [7, 11) is 0. The number of carbonyl (C=O) groups excluding carboxylic acids is 2. The van der Waals surface area contributed by atoms with Crippen LogP contribution in [0.3, 0.4) is 0 Å². The first-order valence-corrected chi connectivity index (χ1v) is 16.2. The highest BCUT2D eigenvalue weighted by Crippen LogP contribution is 2.38. The SMILES string of the molecule is CCOC(=O)C1=C(c2ccc(-n3c(C)nc4cnccc43)cc2)NC(C)=C(C(=O)OCC#Cc2cccnc2)C1CCc1ccsc1. The topological polar surface area (TPSA) is 108 Å². The Balaban J connectivity index is 1.36. The second-order valence-corrected chi connectivity index (χ2v) is 11.7. The summed E-state index contributed by atoms with van der Waals surface area (Å²) in [5, 5.41) is 7.47. The highest BCUT2D eigenvalue weighted by molar-refractivity contribution is 7.07. The van der Waals surface area contributed by atoms with Crippen LogP contribution in [0.4, 0.5) is 0 Å². The van der Waals surface area contributed by atoms with Crippen LogP contribution < -0.4 is 5.32 Å². The van der Waals surface area contributed by atoms with Crippen molar-refractivity contribution in [2.75, 3.05) is 13.2 Å². The Kier molecular flexibility index (Phi) is 9.55. The maximum Gasteiger partial charge on any atom is 0.337 e. The van der Waals surface area contributed by atoms with E-state index in [1.807, 2.05) is 55.6 Å². The molecule has 0 bridgehead atoms. The molecule has 1 aliphatic rings. The average Bonchev–Trinajstić information content (AvgIpc) is 3.73. The van der Waals surface area contributed by atoms with E-state index >= 15 is 0 Å². The van der Waals surface area contributed by atoms with Gasteiger partial charge in [-0.15, -0.1) is 0 Å². The molecule has 1 unspecified atom stereocenters. The molecule has 1 N–H and O–H groups in total. The first-order valence-electron chi connectivity index (χ1n) is 15.3. The fourth-order valence-electron chi connectivity index (χ4n) is 5.82. The lowest BCUT2D eigenvalue weighted by Gasteiger charge is -2.31. The van der Waals surface area contributed by atoms with Gasteiger partial charge in [-0.3, -0.25) is 14.5 Å². The van der Waals surface area contributed by atoms with Gasteiger partial charge in [0.05, 0.1) is 35.2 Å². The molecule has 0 aliphatic carbocycles. The molecule has 1 atom stereocenters. The summed E-state index contributed by atoms with van der Waals surface area (Å²) in [6.07, 6.45) is 7.98. The molecule has 236 valence electrons. The number of benzene rings is 1. The molecule has 0 spiro atoms. The Morgan fingerprint density at radius 1 is 0.979 bits per heavy atom. The Morgan fingerprint density at radius 3 is 2.53 bits per heavy atom. The molecule has 0 amide bonds. The summed E-state index contributed by atoms with van der Waals surface area (Å²) < 4.78 is 13.3. The van der Waals surface area contributed by atoms with Gasteiger partial charge >= 0.3 is 11.9 Å². The Hall–Kier alpha value is -5.53. The molecule has 6 rings (SSSR count). The number of esters is 2. The molecule has 5 heterocycles. The van der Waals surface area contributed by atoms with Crippen molar-refractivity contribution in [3.63, 3.8) is 0 Å². The van der Waals surface area contributed by atoms with Crippen molar-refractivity contribution in [1.29, 1.82) is 0 Å². The van der Waals surface area contributed by atoms with Gasteiger partial charge in [0.15, 0.2) is 6.61 Å². The number of hydrogen-bond donors (Lipinski definition) is 1. The van der Waals surface area contributed by atoms with Crippen molar-refractivity contribution in [2.24, 2.45) is 5.92 Å². The van der Waals surface area contributed by atoms with Gasteiger partial charge in [0.25, 0.3) is 0 Å². The maximum absolute atomic E-state index is 13.8. The van der Waals surface area contributed by atoms with Gasteiger partial charge < -0.3 is 14.8 Å². The van der Waals surface area contributed by atoms with Crippen LogP contribution in [-0.4, -0.2) is 44.7 Å². The largest absolute Gasteiger partial charge is 0.463 e. The minimum Gasteiger partial charge on any atom is -0.463 e. The summed E-state index contributed by atoms with van der Waals surface area (Å²) in [5.41, 5.74) is 7.33. The summed E-state index contributed by atoms with van der Waals surface area (Å²) >= 11 is 1.61. The predicted molar refractivity (Wildman–Crippen MR) is 181 cm³/mol. The van der Waals surface area contributed by atoms with E-state index in [2.05, 4.69) is 48.1 Å². The number of allylic oxidation sites excluding steroid dienone is 1. The second kappa shape index (κ2) is 14.3. The number of aromatic nitrogens is 4. The van der Waals surface area contributed by atoms with E-state index in [1.54, 1.807) is 49.1 Å². The molecule has 1 aromatic carbocycles. The normalized spacial score (nSPS) is 14.4. The number of nitrogens with zero attached hydrogens (tertiary/aromatic N) is 4. The van der Waals surface area contributed by atoms with Crippen molar-refractivity contribution in [1.82, 2.24) is 24.8 Å². The highest BCUT2D eigenvalue weighted by atomic mass is 32.1. The molecule has 1 aliphatic heterocycles. The lowest BCUT2D eigenvalue weighted by Crippen LogP contribution is -2.34. The average molecular weight is 644 g/mol. The van der Waals surface area contributed by atoms with Crippen LogP contribution in [0.2, 0.25) is 0 Å². The van der Waals surface area contributed by atoms with E-state index in [-0.39, 0.29) is 13.2 Å². The summed E-state index contributed by atoms with van der Waals surface area (Å²) in [4.78, 5) is 40.3. The number of rotatable bonds is 9. The number of ether oxygens (including phenoxy) is 2. The van der Waals surface area contributed by atoms with Crippen LogP contribution in [-0.2, 0) is 25.5 Å². The minimum atomic E-state index is -0.573. The Morgan fingerprint density at radius 2 is 1.79 bits per heavy atom. The van der Waals surface area contributed by atoms with Gasteiger partial charge in [-0.25, -0.2) is 14.6 Å². The van der Waals surface area contributed by atoms with Gasteiger partial charge in [-0.1, -0.05) is 24.0 Å². The number of carbonyl (C=O) groups is 2. The van der Waals surface area contributed by atoms with Crippen LogP contribution in [0.15, 0.2) is 101 Å². The Labute approximate surface area is 277 Å². The summed E-state index contributed by atoms with van der Waals surface area (Å²) in [5.74, 6) is 5.10. The monoisotopic (exact) mass is 643 g/mol. The number of fused-ring (bicyclic) bond motifs is 1. The third-order valence-electron chi connectivity index (χ3n) is 7.91. The van der Waals surface area contributed by atoms with E-state index in [9.17, 15) is 9.59 Å². The van der Waals surface area contributed by atoms with Crippen molar-refractivity contribution >= 4 is 40.0 Å². The number of aryl methyl sites for hydroxylation is 2. The molecule has 0 fully saturated rings. The fourth-order valence-corrected chi connectivity index (χ4v) is 6.53. The van der Waals surface area contributed by atoms with Crippen LogP contribution in [0.25, 0.3) is 22.4 Å². The Bertz CT molecular complexity index is 2040. The smallest absolute Gasteiger partial charge is 0.337 e. The highest BCUT2D eigenvalue weighted by Gasteiger charge is 2.38. The molecule has 0 radical (unpaired) electrons. The van der Waals surface area contributed by atoms with Crippen molar-refractivity contribution in [2.45, 2.75) is 33.6 Å². The molecular weight excluding hydrogens is 611 g/mol. The van der Waals surface area contributed by atoms with Gasteiger partial charge in [0.2, 0.25) is 0 Å². The fraction of sp³-hybridized carbons (Fsp3) is 0.216. The minimum absolute atomic E-state index is 0.104. The third-order valence-corrected chi connectivity index (χ3v) is 8.64. The lowest BCUT2D eigenvalue weighted by atomic mass is 9.80. The molecule has 10 heteroatoms. The molecule has 47 heavy (non-hydrogen) atoms. The quantitative estimate of drug-likeness (QED) is 0.150. The number of imidazole rings is 1. The molecule has 9 nitrogen and oxygen atoms in total. The maximum atomic E-state index is 13.8. The standard InChI is InChI=1S/C37H33N5O4S/c1-4-45-37(44)34-30(14-9-27-16-20-47-23-27)33(36(43)46-19-6-8-26-7-5-17-38-21-26)24(2)40-35(34)28-10-12-29(13-11-28)42-25(3)41-31-22-39-18-15-32(31)42/h5,7,10-13,15-18,20-23,30,40H,4,9,14,19H2,1-3H3. The van der Waals surface area contributed by atoms with Crippen molar-refractivity contribution < 1.29 is 19.1 Å². The predicted octanol–water partition coefficient (Wildman–Crippen LogP) is 6.18. The second-order valence-electron chi connectivity index (χ2n) is 10.9. The number of hydrogen-bond acceptors (Lipinski definition) is 9. The zero-order valence-corrected chi connectivity index (χ0v) is 27.1. The summed E-state index contributed by atoms with van der Waals surface area (Å²) in [6, 6.07) is 15.5. The molecular formula is C37H33N5O4S. The van der Waals surface area contributed by atoms with Gasteiger partial charge in [0, 0.05) is 41.5 Å². The molecule has 0 saturated carbocycles. The zero-order chi connectivity index (χ0) is 32.8. The third kappa shape index (κ3) is 6.86. The number of dihydropyridines is 1. The van der Waals surface area contributed by atoms with Crippen LogP contribution >= 0.6 is 11.3 Å². The van der Waals surface area contributed by atoms with Crippen LogP contribution in [0, 0.1) is 24.7 Å². The van der Waals surface area contributed by atoms with E-state index in [4.69, 9.17) is 9.47 Å². The number of pyridine rings is 2. The number of thiophene rings is 1. The summed E-state index contributed by atoms with van der Waals surface area (Å²) in [6.45, 7) is 5.65. The number of nitrogens with one attached hydrogen (secondary N) is 1. The van der Waals surface area contributed by atoms with E-state index in [0.29, 0.717) is 35.4 Å². The lowest BCUT2D eigenvalue weighted by molar-refractivity contribution is -0.139. The van der Waals surface area contributed by atoms with Gasteiger partial charge in [-0.05, 0) is 91.9 Å². The van der Waals surface area contributed by atoms with Gasteiger partial charge in [-0.2, -0.15) is 11.3 Å². The molecule has 0 saturated heterocycles. The van der Waals surface area contributed by atoms with Gasteiger partial charge in [0.1, 0.15) is 11.3 Å². The first-order chi connectivity index (χ1) is 22.9. The van der Waals surface area contributed by atoms with E-state index in [1.165, 1.54) is 0 Å². The van der Waals surface area contributed by atoms with Crippen LogP contribution in [0.5, 0.6) is 0 Å². The van der Waals surface area contributed by atoms with E-state index in [0.717, 1.165) is 39.2 Å². The van der Waals surface area contributed by atoms with Crippen molar-refractivity contribution in [3.8, 4) is 17.5 Å². The first kappa shape index (κ1) is 31.5. The molecule has 5 aromatic rings. The van der Waals surface area contributed by atoms with E-state index < -0.39 is 17.9 Å². The van der Waals surface area contributed by atoms with Crippen molar-refractivity contribution in [3.05, 3.63) is 123 Å². The zero-order valence-electron chi connectivity index (χ0n) is 26.3.